The van der Waals surface area contributed by atoms with Crippen molar-refractivity contribution in [1.82, 2.24) is 5.32 Å². The molecule has 0 aromatic rings. The van der Waals surface area contributed by atoms with Crippen LogP contribution in [0.2, 0.25) is 0 Å². The zero-order valence-corrected chi connectivity index (χ0v) is 13.5. The molecule has 0 rings (SSSR count). The van der Waals surface area contributed by atoms with Crippen LogP contribution >= 0.6 is 7.82 Å². The molecule has 0 radical (unpaired) electrons. The van der Waals surface area contributed by atoms with Gasteiger partial charge < -0.3 is 24.7 Å². The second-order valence-electron chi connectivity index (χ2n) is 5.02. The number of methoxy groups -OCH3 is 1. The topological polar surface area (TPSA) is 99.0 Å². The van der Waals surface area contributed by atoms with Crippen LogP contribution in [0.25, 0.3) is 0 Å². The van der Waals surface area contributed by atoms with Gasteiger partial charge in [-0.2, -0.15) is 26.3 Å². The van der Waals surface area contributed by atoms with E-state index in [0.717, 1.165) is 7.11 Å². The third-order valence-electron chi connectivity index (χ3n) is 2.31. The molecule has 13 heteroatoms. The summed E-state index contributed by atoms with van der Waals surface area (Å²) in [7, 11) is -3.78. The molecule has 0 bridgehead atoms. The Hall–Kier alpha value is -0.390. The summed E-state index contributed by atoms with van der Waals surface area (Å²) in [5.41, 5.74) is -2.32. The van der Waals surface area contributed by atoms with Gasteiger partial charge in [0.25, 0.3) is 0 Å². The van der Waals surface area contributed by atoms with Crippen molar-refractivity contribution in [2.75, 3.05) is 13.7 Å². The van der Waals surface area contributed by atoms with Crippen molar-refractivity contribution in [2.24, 2.45) is 0 Å². The molecule has 0 atom stereocenters. The lowest BCUT2D eigenvalue weighted by Crippen LogP contribution is -2.50. The lowest BCUT2D eigenvalue weighted by molar-refractivity contribution is -0.222. The van der Waals surface area contributed by atoms with Crippen LogP contribution < -0.4 is 5.32 Å². The number of nitrogens with one attached hydrogen (secondary N) is 1. The first-order chi connectivity index (χ1) is 9.89. The van der Waals surface area contributed by atoms with Gasteiger partial charge in [0, 0.05) is 19.7 Å². The molecule has 0 amide bonds. The van der Waals surface area contributed by atoms with Gasteiger partial charge in [-0.15, -0.1) is 0 Å². The highest BCUT2D eigenvalue weighted by atomic mass is 31.2. The molecule has 0 aromatic carbocycles. The van der Waals surface area contributed by atoms with E-state index in [1.165, 1.54) is 0 Å². The molecule has 23 heavy (non-hydrogen) atoms. The molecule has 0 spiro atoms. The zero-order chi connectivity index (χ0) is 19.1. The Kier molecular flexibility index (Phi) is 9.93. The molecule has 0 aliphatic heterocycles. The molecule has 0 saturated heterocycles. The van der Waals surface area contributed by atoms with Crippen LogP contribution in [-0.4, -0.2) is 52.3 Å². The van der Waals surface area contributed by atoms with Crippen molar-refractivity contribution in [1.29, 1.82) is 0 Å². The van der Waals surface area contributed by atoms with Gasteiger partial charge in [-0.1, -0.05) is 13.8 Å². The fraction of sp³-hybridized carbons (Fsp3) is 1.00. The monoisotopic (exact) mass is 379 g/mol. The molecule has 6 nitrogen and oxygen atoms in total. The molecule has 0 heterocycles. The van der Waals surface area contributed by atoms with Gasteiger partial charge in [-0.25, -0.2) is 4.57 Å². The Bertz CT molecular complexity index is 357. The van der Waals surface area contributed by atoms with Crippen molar-refractivity contribution < 1.29 is 50.3 Å². The standard InChI is InChI=1S/C10H17F6NO.H3O4P/c1-7(2)17-6-8(18-3,4-9(11,12)13)5-10(14,15)16;1-5(2,3)4/h7,17H,4-6H2,1-3H3;(H3,1,2,3,4). The van der Waals surface area contributed by atoms with Gasteiger partial charge in [-0.05, 0) is 0 Å². The molecule has 0 saturated carbocycles. The SMILES string of the molecule is COC(CNC(C)C)(CC(F)(F)F)CC(F)(F)F.O=P(O)(O)O. The Morgan fingerprint density at radius 2 is 1.30 bits per heavy atom. The van der Waals surface area contributed by atoms with E-state index >= 15 is 0 Å². The quantitative estimate of drug-likeness (QED) is 0.418. The van der Waals surface area contributed by atoms with Gasteiger partial charge in [0.2, 0.25) is 0 Å². The number of hydrogen-bond donors (Lipinski definition) is 4. The van der Waals surface area contributed by atoms with Crippen LogP contribution in [0.5, 0.6) is 0 Å². The summed E-state index contributed by atoms with van der Waals surface area (Å²) in [4.78, 5) is 21.6. The minimum Gasteiger partial charge on any atom is -0.376 e. The lowest BCUT2D eigenvalue weighted by atomic mass is 9.94. The van der Waals surface area contributed by atoms with Gasteiger partial charge in [0.1, 0.15) is 0 Å². The van der Waals surface area contributed by atoms with E-state index in [0.29, 0.717) is 0 Å². The van der Waals surface area contributed by atoms with Crippen LogP contribution in [0.3, 0.4) is 0 Å². The van der Waals surface area contributed by atoms with Crippen molar-refractivity contribution in [3.05, 3.63) is 0 Å². The summed E-state index contributed by atoms with van der Waals surface area (Å²) in [5.74, 6) is 0. The summed E-state index contributed by atoms with van der Waals surface area (Å²) in [6, 6.07) is -0.235. The highest BCUT2D eigenvalue weighted by Crippen LogP contribution is 2.37. The number of rotatable bonds is 6. The zero-order valence-electron chi connectivity index (χ0n) is 12.6. The maximum Gasteiger partial charge on any atom is 0.466 e. The van der Waals surface area contributed by atoms with Gasteiger partial charge in [0.15, 0.2) is 0 Å². The van der Waals surface area contributed by atoms with Gasteiger partial charge in [0.05, 0.1) is 18.4 Å². The predicted molar refractivity (Wildman–Crippen MR) is 68.5 cm³/mol. The molecular formula is C10H20F6NO5P. The maximum atomic E-state index is 12.4. The molecular weight excluding hydrogens is 359 g/mol. The van der Waals surface area contributed by atoms with E-state index < -0.39 is 45.2 Å². The minimum absolute atomic E-state index is 0.235. The molecule has 4 N–H and O–H groups in total. The van der Waals surface area contributed by atoms with E-state index in [1.807, 2.05) is 0 Å². The van der Waals surface area contributed by atoms with Gasteiger partial charge >= 0.3 is 20.2 Å². The number of hydrogen-bond acceptors (Lipinski definition) is 3. The van der Waals surface area contributed by atoms with E-state index in [1.54, 1.807) is 13.8 Å². The summed E-state index contributed by atoms with van der Waals surface area (Å²) in [6.45, 7) is 2.74. The predicted octanol–water partition coefficient (Wildman–Crippen LogP) is 2.35. The van der Waals surface area contributed by atoms with Crippen LogP contribution in [0.1, 0.15) is 26.7 Å². The maximum absolute atomic E-state index is 12.4. The molecule has 0 fully saturated rings. The average molecular weight is 379 g/mol. The van der Waals surface area contributed by atoms with E-state index in [4.69, 9.17) is 19.2 Å². The highest BCUT2D eigenvalue weighted by molar-refractivity contribution is 7.45. The number of ether oxygens (including phenoxy) is 1. The van der Waals surface area contributed by atoms with Crippen LogP contribution in [0, 0.1) is 0 Å². The van der Waals surface area contributed by atoms with E-state index in [9.17, 15) is 26.3 Å². The first-order valence-electron chi connectivity index (χ1n) is 6.09. The molecule has 0 aliphatic carbocycles. The first-order valence-corrected chi connectivity index (χ1v) is 7.66. The van der Waals surface area contributed by atoms with Crippen LogP contribution in [0.15, 0.2) is 0 Å². The molecule has 0 aromatic heterocycles. The summed E-state index contributed by atoms with van der Waals surface area (Å²) in [5, 5.41) is 2.56. The number of alkyl halides is 6. The van der Waals surface area contributed by atoms with Crippen molar-refractivity contribution in [3.63, 3.8) is 0 Å². The van der Waals surface area contributed by atoms with Gasteiger partial charge in [-0.3, -0.25) is 0 Å². The first kappa shape index (κ1) is 24.9. The second kappa shape index (κ2) is 9.19. The van der Waals surface area contributed by atoms with E-state index in [2.05, 4.69) is 10.1 Å². The lowest BCUT2D eigenvalue weighted by Gasteiger charge is -2.34. The third kappa shape index (κ3) is 19.6. The smallest absolute Gasteiger partial charge is 0.376 e. The Morgan fingerprint density at radius 3 is 1.48 bits per heavy atom. The van der Waals surface area contributed by atoms with Crippen LogP contribution in [-0.2, 0) is 9.30 Å². The largest absolute Gasteiger partial charge is 0.466 e. The normalized spacial score (nSPS) is 13.8. The molecule has 0 unspecified atom stereocenters. The molecule has 142 valence electrons. The van der Waals surface area contributed by atoms with Crippen molar-refractivity contribution >= 4 is 7.82 Å². The fourth-order valence-electron chi connectivity index (χ4n) is 1.52. The Balaban J connectivity index is 0. The fourth-order valence-corrected chi connectivity index (χ4v) is 1.52. The van der Waals surface area contributed by atoms with Crippen LogP contribution in [0.4, 0.5) is 26.3 Å². The van der Waals surface area contributed by atoms with E-state index in [-0.39, 0.29) is 6.04 Å². The highest BCUT2D eigenvalue weighted by Gasteiger charge is 2.49. The summed E-state index contributed by atoms with van der Waals surface area (Å²) < 4.78 is 87.6. The Labute approximate surface area is 129 Å². The summed E-state index contributed by atoms with van der Waals surface area (Å²) in [6.07, 6.45) is -12.7. The minimum atomic E-state index is -4.72. The second-order valence-corrected chi connectivity index (χ2v) is 6.05. The number of phosphoric acid groups is 1. The Morgan fingerprint density at radius 1 is 1.00 bits per heavy atom. The van der Waals surface area contributed by atoms with Crippen molar-refractivity contribution in [3.8, 4) is 0 Å². The summed E-state index contributed by atoms with van der Waals surface area (Å²) >= 11 is 0. The third-order valence-corrected chi connectivity index (χ3v) is 2.31. The average Bonchev–Trinajstić information content (AvgIpc) is 2.19. The number of halogens is 6. The van der Waals surface area contributed by atoms with Crippen molar-refractivity contribution in [2.45, 2.75) is 50.7 Å². The molecule has 0 aliphatic rings.